The lowest BCUT2D eigenvalue weighted by atomic mass is 9.95. The van der Waals surface area contributed by atoms with Crippen molar-refractivity contribution in [3.05, 3.63) is 63.0 Å². The number of carbonyl (C=O) groups is 1. The van der Waals surface area contributed by atoms with E-state index >= 15 is 0 Å². The Hall–Kier alpha value is -1.13. The fourth-order valence-electron chi connectivity index (χ4n) is 2.36. The van der Waals surface area contributed by atoms with Gasteiger partial charge in [0.05, 0.1) is 11.1 Å². The zero-order chi connectivity index (χ0) is 14.2. The first kappa shape index (κ1) is 13.8. The molecule has 0 saturated heterocycles. The molecule has 102 valence electrons. The molecule has 3 rings (SSSR count). The van der Waals surface area contributed by atoms with Crippen LogP contribution < -0.4 is 5.32 Å². The van der Waals surface area contributed by atoms with E-state index < -0.39 is 0 Å². The molecule has 4 heteroatoms. The van der Waals surface area contributed by atoms with Crippen LogP contribution in [0.2, 0.25) is 0 Å². The molecule has 20 heavy (non-hydrogen) atoms. The summed E-state index contributed by atoms with van der Waals surface area (Å²) in [6, 6.07) is 15.7. The van der Waals surface area contributed by atoms with E-state index in [-0.39, 0.29) is 11.3 Å². The summed E-state index contributed by atoms with van der Waals surface area (Å²) in [6.07, 6.45) is 1.83. The van der Waals surface area contributed by atoms with Crippen LogP contribution in [0.4, 0.5) is 5.69 Å². The molecule has 0 bridgehead atoms. The van der Waals surface area contributed by atoms with Gasteiger partial charge in [-0.05, 0) is 52.5 Å². The number of carbonyl (C=O) groups excluding carboxylic acids is 1. The predicted molar refractivity (Wildman–Crippen MR) is 87.8 cm³/mol. The van der Waals surface area contributed by atoms with Gasteiger partial charge in [0.2, 0.25) is 5.91 Å². The van der Waals surface area contributed by atoms with Crippen LogP contribution in [0.3, 0.4) is 0 Å². The van der Waals surface area contributed by atoms with Crippen molar-refractivity contribution in [1.82, 2.24) is 0 Å². The monoisotopic (exact) mass is 393 g/mol. The third kappa shape index (κ3) is 2.54. The molecule has 1 N–H and O–H groups in total. The van der Waals surface area contributed by atoms with Crippen molar-refractivity contribution >= 4 is 43.5 Å². The van der Waals surface area contributed by atoms with Gasteiger partial charge in [-0.1, -0.05) is 46.3 Å². The largest absolute Gasteiger partial charge is 0.324 e. The molecule has 1 aliphatic carbocycles. The van der Waals surface area contributed by atoms with E-state index in [1.165, 1.54) is 0 Å². The number of amides is 1. The lowest BCUT2D eigenvalue weighted by Gasteiger charge is -2.16. The Morgan fingerprint density at radius 1 is 1.05 bits per heavy atom. The van der Waals surface area contributed by atoms with Crippen molar-refractivity contribution in [3.8, 4) is 0 Å². The second-order valence-corrected chi connectivity index (χ2v) is 6.80. The van der Waals surface area contributed by atoms with Crippen LogP contribution in [-0.2, 0) is 10.2 Å². The molecule has 2 aromatic rings. The molecule has 0 atom stereocenters. The summed E-state index contributed by atoms with van der Waals surface area (Å²) in [5.74, 6) is 0.0757. The molecule has 1 aliphatic rings. The van der Waals surface area contributed by atoms with Crippen molar-refractivity contribution in [2.45, 2.75) is 18.3 Å². The van der Waals surface area contributed by atoms with Crippen LogP contribution in [-0.4, -0.2) is 5.91 Å². The van der Waals surface area contributed by atoms with Gasteiger partial charge in [0.25, 0.3) is 0 Å². The van der Waals surface area contributed by atoms with Crippen LogP contribution in [0.25, 0.3) is 0 Å². The van der Waals surface area contributed by atoms with Gasteiger partial charge in [-0.2, -0.15) is 0 Å². The quantitative estimate of drug-likeness (QED) is 0.789. The van der Waals surface area contributed by atoms with Crippen molar-refractivity contribution < 1.29 is 4.79 Å². The van der Waals surface area contributed by atoms with E-state index in [1.807, 2.05) is 48.5 Å². The Morgan fingerprint density at radius 3 is 2.35 bits per heavy atom. The molecule has 0 unspecified atom stereocenters. The first-order valence-electron chi connectivity index (χ1n) is 6.44. The lowest BCUT2D eigenvalue weighted by Crippen LogP contribution is -2.27. The van der Waals surface area contributed by atoms with Gasteiger partial charge in [0.15, 0.2) is 0 Å². The number of nitrogens with one attached hydrogen (secondary N) is 1. The van der Waals surface area contributed by atoms with Gasteiger partial charge < -0.3 is 5.32 Å². The molecule has 0 aromatic heterocycles. The lowest BCUT2D eigenvalue weighted by molar-refractivity contribution is -0.118. The molecular formula is C16H13Br2NO. The Bertz CT molecular complexity index is 651. The molecule has 1 amide bonds. The average molecular weight is 395 g/mol. The molecule has 2 nitrogen and oxygen atoms in total. The maximum Gasteiger partial charge on any atom is 0.235 e. The minimum absolute atomic E-state index is 0.0757. The Labute approximate surface area is 134 Å². The van der Waals surface area contributed by atoms with E-state index in [0.717, 1.165) is 33.0 Å². The summed E-state index contributed by atoms with van der Waals surface area (Å²) in [4.78, 5) is 12.6. The number of benzene rings is 2. The van der Waals surface area contributed by atoms with Crippen LogP contribution in [0, 0.1) is 0 Å². The van der Waals surface area contributed by atoms with Crippen molar-refractivity contribution in [2.24, 2.45) is 0 Å². The van der Waals surface area contributed by atoms with E-state index in [9.17, 15) is 4.79 Å². The standard InChI is InChI=1S/C16H13Br2NO/c17-12-6-7-14(13(18)10-12)19-15(20)16(8-9-16)11-4-2-1-3-5-11/h1-7,10H,8-9H2,(H,19,20). The summed E-state index contributed by atoms with van der Waals surface area (Å²) in [6.45, 7) is 0. The molecule has 1 fully saturated rings. The Kier molecular flexibility index (Phi) is 3.69. The topological polar surface area (TPSA) is 29.1 Å². The van der Waals surface area contributed by atoms with Gasteiger partial charge in [-0.25, -0.2) is 0 Å². The second-order valence-electron chi connectivity index (χ2n) is 5.03. The number of hydrogen-bond donors (Lipinski definition) is 1. The second kappa shape index (κ2) is 5.34. The minimum atomic E-state index is -0.340. The van der Waals surface area contributed by atoms with Crippen molar-refractivity contribution in [1.29, 1.82) is 0 Å². The fourth-order valence-corrected chi connectivity index (χ4v) is 3.51. The third-order valence-electron chi connectivity index (χ3n) is 3.69. The molecular weight excluding hydrogens is 382 g/mol. The highest BCUT2D eigenvalue weighted by Gasteiger charge is 2.51. The molecule has 1 saturated carbocycles. The predicted octanol–water partition coefficient (Wildman–Crippen LogP) is 4.88. The summed E-state index contributed by atoms with van der Waals surface area (Å²) in [5, 5.41) is 3.03. The Morgan fingerprint density at radius 2 is 1.75 bits per heavy atom. The number of anilines is 1. The molecule has 0 heterocycles. The van der Waals surface area contributed by atoms with E-state index in [2.05, 4.69) is 37.2 Å². The van der Waals surface area contributed by atoms with Gasteiger partial charge in [-0.3, -0.25) is 4.79 Å². The number of rotatable bonds is 3. The highest BCUT2D eigenvalue weighted by Crippen LogP contribution is 2.49. The van der Waals surface area contributed by atoms with Crippen LogP contribution >= 0.6 is 31.9 Å². The van der Waals surface area contributed by atoms with E-state index in [1.54, 1.807) is 0 Å². The Balaban J connectivity index is 1.83. The fraction of sp³-hybridized carbons (Fsp3) is 0.188. The minimum Gasteiger partial charge on any atom is -0.324 e. The van der Waals surface area contributed by atoms with Crippen LogP contribution in [0.1, 0.15) is 18.4 Å². The highest BCUT2D eigenvalue weighted by molar-refractivity contribution is 9.11. The van der Waals surface area contributed by atoms with Crippen LogP contribution in [0.15, 0.2) is 57.5 Å². The van der Waals surface area contributed by atoms with Gasteiger partial charge in [-0.15, -0.1) is 0 Å². The molecule has 0 radical (unpaired) electrons. The third-order valence-corrected chi connectivity index (χ3v) is 4.84. The average Bonchev–Trinajstić information content (AvgIpc) is 3.24. The zero-order valence-electron chi connectivity index (χ0n) is 10.7. The first-order chi connectivity index (χ1) is 9.62. The van der Waals surface area contributed by atoms with Crippen molar-refractivity contribution in [2.75, 3.05) is 5.32 Å². The SMILES string of the molecule is O=C(Nc1ccc(Br)cc1Br)C1(c2ccccc2)CC1. The smallest absolute Gasteiger partial charge is 0.235 e. The summed E-state index contributed by atoms with van der Waals surface area (Å²) < 4.78 is 1.86. The summed E-state index contributed by atoms with van der Waals surface area (Å²) in [5.41, 5.74) is 1.57. The van der Waals surface area contributed by atoms with E-state index in [4.69, 9.17) is 0 Å². The number of hydrogen-bond acceptors (Lipinski definition) is 1. The highest BCUT2D eigenvalue weighted by atomic mass is 79.9. The van der Waals surface area contributed by atoms with Gasteiger partial charge in [0.1, 0.15) is 0 Å². The zero-order valence-corrected chi connectivity index (χ0v) is 13.9. The van der Waals surface area contributed by atoms with E-state index in [0.29, 0.717) is 0 Å². The summed E-state index contributed by atoms with van der Waals surface area (Å²) in [7, 11) is 0. The normalized spacial score (nSPS) is 15.7. The van der Waals surface area contributed by atoms with Crippen LogP contribution in [0.5, 0.6) is 0 Å². The van der Waals surface area contributed by atoms with Gasteiger partial charge in [0, 0.05) is 8.95 Å². The van der Waals surface area contributed by atoms with Gasteiger partial charge >= 0.3 is 0 Å². The summed E-state index contributed by atoms with van der Waals surface area (Å²) >= 11 is 6.88. The number of halogens is 2. The van der Waals surface area contributed by atoms with Crippen molar-refractivity contribution in [3.63, 3.8) is 0 Å². The molecule has 2 aromatic carbocycles. The maximum atomic E-state index is 12.6. The maximum absolute atomic E-state index is 12.6. The molecule has 0 spiro atoms. The first-order valence-corrected chi connectivity index (χ1v) is 8.02. The molecule has 0 aliphatic heterocycles.